The number of hydrogen-bond acceptors (Lipinski definition) is 4. The first-order chi connectivity index (χ1) is 10.3. The van der Waals surface area contributed by atoms with Gasteiger partial charge in [0, 0.05) is 18.7 Å². The summed E-state index contributed by atoms with van der Waals surface area (Å²) in [7, 11) is 0. The van der Waals surface area contributed by atoms with Crippen molar-refractivity contribution in [2.24, 2.45) is 5.92 Å². The zero-order valence-corrected chi connectivity index (χ0v) is 12.8. The smallest absolute Gasteiger partial charge is 0.249 e. The van der Waals surface area contributed by atoms with Gasteiger partial charge < -0.3 is 9.73 Å². The Morgan fingerprint density at radius 1 is 1.24 bits per heavy atom. The molecule has 0 aliphatic heterocycles. The Kier molecular flexibility index (Phi) is 4.23. The molecule has 2 atom stereocenters. The summed E-state index contributed by atoms with van der Waals surface area (Å²) in [6, 6.07) is 8.75. The number of aromatic nitrogens is 2. The predicted octanol–water partition coefficient (Wildman–Crippen LogP) is 4.43. The number of anilines is 1. The molecule has 1 saturated carbocycles. The molecule has 2 unspecified atom stereocenters. The molecule has 112 valence electrons. The van der Waals surface area contributed by atoms with Crippen LogP contribution in [0, 0.1) is 12.8 Å². The van der Waals surface area contributed by atoms with Crippen LogP contribution in [-0.2, 0) is 0 Å². The fourth-order valence-corrected chi connectivity index (χ4v) is 3.21. The van der Waals surface area contributed by atoms with E-state index in [1.807, 2.05) is 19.1 Å². The van der Waals surface area contributed by atoms with Gasteiger partial charge in [-0.2, -0.15) is 0 Å². The van der Waals surface area contributed by atoms with Crippen LogP contribution in [0.15, 0.2) is 28.7 Å². The van der Waals surface area contributed by atoms with Crippen molar-refractivity contribution in [3.63, 3.8) is 0 Å². The summed E-state index contributed by atoms with van der Waals surface area (Å²) in [5.74, 6) is 2.05. The molecule has 3 rings (SSSR count). The lowest BCUT2D eigenvalue weighted by atomic mass is 9.84. The standard InChI is InChI=1S/C17H23N3O/c1-3-13-7-6-8-14(11-13)18-16-10-5-4-9-15(16)17-20-19-12(2)21-17/h4-5,9-10,13-14,18H,3,6-8,11H2,1-2H3. The molecule has 21 heavy (non-hydrogen) atoms. The molecule has 1 aliphatic rings. The highest BCUT2D eigenvalue weighted by atomic mass is 16.4. The molecular weight excluding hydrogens is 262 g/mol. The minimum atomic E-state index is 0.550. The highest BCUT2D eigenvalue weighted by Crippen LogP contribution is 2.32. The van der Waals surface area contributed by atoms with Crippen molar-refractivity contribution in [3.8, 4) is 11.5 Å². The van der Waals surface area contributed by atoms with Crippen molar-refractivity contribution in [1.29, 1.82) is 0 Å². The van der Waals surface area contributed by atoms with Gasteiger partial charge in [0.1, 0.15) is 0 Å². The maximum atomic E-state index is 5.58. The highest BCUT2D eigenvalue weighted by Gasteiger charge is 2.22. The molecule has 0 bridgehead atoms. The normalized spacial score (nSPS) is 22.2. The monoisotopic (exact) mass is 285 g/mol. The quantitative estimate of drug-likeness (QED) is 0.903. The molecular formula is C17H23N3O. The second-order valence-corrected chi connectivity index (χ2v) is 5.95. The average molecular weight is 285 g/mol. The third-order valence-electron chi connectivity index (χ3n) is 4.40. The Morgan fingerprint density at radius 2 is 2.10 bits per heavy atom. The Hall–Kier alpha value is -1.84. The van der Waals surface area contributed by atoms with E-state index in [-0.39, 0.29) is 0 Å². The van der Waals surface area contributed by atoms with Crippen molar-refractivity contribution in [2.75, 3.05) is 5.32 Å². The zero-order valence-electron chi connectivity index (χ0n) is 12.8. The van der Waals surface area contributed by atoms with E-state index in [4.69, 9.17) is 4.42 Å². The first-order valence-electron chi connectivity index (χ1n) is 7.92. The number of rotatable bonds is 4. The van der Waals surface area contributed by atoms with E-state index in [1.54, 1.807) is 0 Å². The summed E-state index contributed by atoms with van der Waals surface area (Å²) < 4.78 is 5.58. The molecule has 2 aromatic rings. The maximum absolute atomic E-state index is 5.58. The third kappa shape index (κ3) is 3.26. The Bertz CT molecular complexity index is 593. The Balaban J connectivity index is 1.79. The molecule has 1 aliphatic carbocycles. The SMILES string of the molecule is CCC1CCCC(Nc2ccccc2-c2nnc(C)o2)C1. The van der Waals surface area contributed by atoms with E-state index >= 15 is 0 Å². The maximum Gasteiger partial charge on any atom is 0.249 e. The molecule has 0 spiro atoms. The van der Waals surface area contributed by atoms with Gasteiger partial charge in [-0.25, -0.2) is 0 Å². The minimum absolute atomic E-state index is 0.550. The van der Waals surface area contributed by atoms with Crippen LogP contribution in [0.4, 0.5) is 5.69 Å². The van der Waals surface area contributed by atoms with E-state index in [9.17, 15) is 0 Å². The third-order valence-corrected chi connectivity index (χ3v) is 4.40. The summed E-state index contributed by atoms with van der Waals surface area (Å²) >= 11 is 0. The highest BCUT2D eigenvalue weighted by molar-refractivity contribution is 5.72. The molecule has 1 aromatic carbocycles. The average Bonchev–Trinajstić information content (AvgIpc) is 2.94. The second-order valence-electron chi connectivity index (χ2n) is 5.95. The summed E-state index contributed by atoms with van der Waals surface area (Å²) in [6.07, 6.45) is 6.47. The van der Waals surface area contributed by atoms with Gasteiger partial charge in [-0.3, -0.25) is 0 Å². The summed E-state index contributed by atoms with van der Waals surface area (Å²) in [5, 5.41) is 11.8. The van der Waals surface area contributed by atoms with Gasteiger partial charge in [-0.05, 0) is 30.9 Å². The van der Waals surface area contributed by atoms with Crippen LogP contribution >= 0.6 is 0 Å². The van der Waals surface area contributed by atoms with Crippen LogP contribution in [-0.4, -0.2) is 16.2 Å². The summed E-state index contributed by atoms with van der Waals surface area (Å²) in [4.78, 5) is 0. The topological polar surface area (TPSA) is 51.0 Å². The molecule has 0 saturated heterocycles. The van der Waals surface area contributed by atoms with Crippen molar-refractivity contribution < 1.29 is 4.42 Å². The summed E-state index contributed by atoms with van der Waals surface area (Å²) in [5.41, 5.74) is 2.10. The van der Waals surface area contributed by atoms with Crippen molar-refractivity contribution >= 4 is 5.69 Å². The second kappa shape index (κ2) is 6.29. The van der Waals surface area contributed by atoms with Crippen LogP contribution < -0.4 is 5.32 Å². The first-order valence-corrected chi connectivity index (χ1v) is 7.92. The van der Waals surface area contributed by atoms with Crippen LogP contribution in [0.3, 0.4) is 0 Å². The fraction of sp³-hybridized carbons (Fsp3) is 0.529. The van der Waals surface area contributed by atoms with E-state index in [0.29, 0.717) is 17.8 Å². The van der Waals surface area contributed by atoms with Crippen molar-refractivity contribution in [1.82, 2.24) is 10.2 Å². The molecule has 1 aromatic heterocycles. The lowest BCUT2D eigenvalue weighted by Gasteiger charge is -2.30. The number of nitrogens with zero attached hydrogens (tertiary/aromatic N) is 2. The van der Waals surface area contributed by atoms with Gasteiger partial charge >= 0.3 is 0 Å². The summed E-state index contributed by atoms with van der Waals surface area (Å²) in [6.45, 7) is 4.11. The molecule has 4 nitrogen and oxygen atoms in total. The van der Waals surface area contributed by atoms with Crippen LogP contribution in [0.2, 0.25) is 0 Å². The lowest BCUT2D eigenvalue weighted by Crippen LogP contribution is -2.27. The fourth-order valence-electron chi connectivity index (χ4n) is 3.21. The number of para-hydroxylation sites is 1. The van der Waals surface area contributed by atoms with Crippen LogP contribution in [0.1, 0.15) is 44.9 Å². The Labute approximate surface area is 126 Å². The number of nitrogens with one attached hydrogen (secondary N) is 1. The van der Waals surface area contributed by atoms with E-state index in [0.717, 1.165) is 17.2 Å². The largest absolute Gasteiger partial charge is 0.421 e. The van der Waals surface area contributed by atoms with E-state index in [2.05, 4.69) is 34.6 Å². The van der Waals surface area contributed by atoms with Crippen LogP contribution in [0.5, 0.6) is 0 Å². The first kappa shape index (κ1) is 14.1. The number of aryl methyl sites for hydroxylation is 1. The number of hydrogen-bond donors (Lipinski definition) is 1. The molecule has 1 fully saturated rings. The van der Waals surface area contributed by atoms with Gasteiger partial charge in [-0.15, -0.1) is 10.2 Å². The molecule has 4 heteroatoms. The van der Waals surface area contributed by atoms with Crippen molar-refractivity contribution in [2.45, 2.75) is 52.0 Å². The van der Waals surface area contributed by atoms with E-state index < -0.39 is 0 Å². The van der Waals surface area contributed by atoms with E-state index in [1.165, 1.54) is 32.1 Å². The molecule has 0 radical (unpaired) electrons. The van der Waals surface area contributed by atoms with Crippen molar-refractivity contribution in [3.05, 3.63) is 30.2 Å². The van der Waals surface area contributed by atoms with Gasteiger partial charge in [0.15, 0.2) is 0 Å². The molecule has 1 N–H and O–H groups in total. The van der Waals surface area contributed by atoms with Gasteiger partial charge in [0.25, 0.3) is 0 Å². The Morgan fingerprint density at radius 3 is 2.86 bits per heavy atom. The van der Waals surface area contributed by atoms with Gasteiger partial charge in [-0.1, -0.05) is 38.3 Å². The van der Waals surface area contributed by atoms with Crippen LogP contribution in [0.25, 0.3) is 11.5 Å². The lowest BCUT2D eigenvalue weighted by molar-refractivity contribution is 0.327. The zero-order chi connectivity index (χ0) is 14.7. The van der Waals surface area contributed by atoms with Gasteiger partial charge in [0.2, 0.25) is 11.8 Å². The minimum Gasteiger partial charge on any atom is -0.421 e. The van der Waals surface area contributed by atoms with Gasteiger partial charge in [0.05, 0.1) is 5.56 Å². The predicted molar refractivity (Wildman–Crippen MR) is 84.1 cm³/mol. The molecule has 0 amide bonds. The number of benzene rings is 1. The molecule has 1 heterocycles.